The number of hydrogen-bond donors (Lipinski definition) is 1. The van der Waals surface area contributed by atoms with Crippen LogP contribution in [0.4, 0.5) is 5.69 Å². The molecule has 1 heterocycles. The number of hydrogen-bond acceptors (Lipinski definition) is 3. The van der Waals surface area contributed by atoms with Crippen molar-refractivity contribution >= 4 is 11.6 Å². The minimum Gasteiger partial charge on any atom is -0.399 e. The van der Waals surface area contributed by atoms with Crippen molar-refractivity contribution in [1.82, 2.24) is 4.90 Å². The molecule has 4 heteroatoms. The molecule has 0 fully saturated rings. The van der Waals surface area contributed by atoms with Crippen molar-refractivity contribution < 1.29 is 9.53 Å². The highest BCUT2D eigenvalue weighted by Gasteiger charge is 2.16. The van der Waals surface area contributed by atoms with Crippen molar-refractivity contribution in [3.63, 3.8) is 0 Å². The number of methoxy groups -OCH3 is 1. The fourth-order valence-electron chi connectivity index (χ4n) is 2.35. The average molecular weight is 274 g/mol. The molecule has 1 aromatic carbocycles. The number of carbonyl (C=O) groups is 1. The molecule has 1 amide bonds. The maximum atomic E-state index is 12.1. The molecule has 1 aliphatic heterocycles. The maximum Gasteiger partial charge on any atom is 0.223 e. The van der Waals surface area contributed by atoms with Crippen LogP contribution in [-0.4, -0.2) is 37.6 Å². The Kier molecular flexibility index (Phi) is 5.18. The van der Waals surface area contributed by atoms with Crippen LogP contribution in [0.25, 0.3) is 0 Å². The Bertz CT molecular complexity index is 480. The summed E-state index contributed by atoms with van der Waals surface area (Å²) in [6, 6.07) is 7.71. The molecule has 0 bridgehead atoms. The summed E-state index contributed by atoms with van der Waals surface area (Å²) in [5, 5.41) is 0. The lowest BCUT2D eigenvalue weighted by Gasteiger charge is -2.26. The SMILES string of the molecule is COCC1=CCN(C(=O)CCc2ccc(N)cc2)CC1. The highest BCUT2D eigenvalue weighted by Crippen LogP contribution is 2.13. The Morgan fingerprint density at radius 3 is 2.70 bits per heavy atom. The first-order valence-electron chi connectivity index (χ1n) is 6.98. The number of aryl methyl sites for hydroxylation is 1. The van der Waals surface area contributed by atoms with Crippen molar-refractivity contribution in [3.8, 4) is 0 Å². The highest BCUT2D eigenvalue weighted by molar-refractivity contribution is 5.76. The summed E-state index contributed by atoms with van der Waals surface area (Å²) in [5.41, 5.74) is 8.84. The molecule has 0 saturated carbocycles. The Labute approximate surface area is 120 Å². The number of anilines is 1. The van der Waals surface area contributed by atoms with E-state index in [1.54, 1.807) is 7.11 Å². The lowest BCUT2D eigenvalue weighted by Crippen LogP contribution is -2.35. The van der Waals surface area contributed by atoms with E-state index in [0.29, 0.717) is 19.6 Å². The normalized spacial score (nSPS) is 15.1. The van der Waals surface area contributed by atoms with E-state index in [1.165, 1.54) is 5.57 Å². The Morgan fingerprint density at radius 2 is 2.10 bits per heavy atom. The van der Waals surface area contributed by atoms with E-state index in [9.17, 15) is 4.79 Å². The van der Waals surface area contributed by atoms with E-state index >= 15 is 0 Å². The van der Waals surface area contributed by atoms with Gasteiger partial charge in [-0.1, -0.05) is 18.2 Å². The minimum absolute atomic E-state index is 0.217. The van der Waals surface area contributed by atoms with Gasteiger partial charge >= 0.3 is 0 Å². The fraction of sp³-hybridized carbons (Fsp3) is 0.438. The molecular formula is C16H22N2O2. The summed E-state index contributed by atoms with van der Waals surface area (Å²) in [7, 11) is 1.70. The van der Waals surface area contributed by atoms with Crippen LogP contribution in [0, 0.1) is 0 Å². The second-order valence-corrected chi connectivity index (χ2v) is 5.13. The van der Waals surface area contributed by atoms with Gasteiger partial charge in [0, 0.05) is 32.3 Å². The van der Waals surface area contributed by atoms with Crippen LogP contribution in [0.2, 0.25) is 0 Å². The van der Waals surface area contributed by atoms with Crippen LogP contribution in [0.3, 0.4) is 0 Å². The van der Waals surface area contributed by atoms with E-state index in [0.717, 1.165) is 30.6 Å². The zero-order valence-electron chi connectivity index (χ0n) is 12.0. The molecule has 0 unspecified atom stereocenters. The molecule has 0 aromatic heterocycles. The number of benzene rings is 1. The first kappa shape index (κ1) is 14.6. The minimum atomic E-state index is 0.217. The van der Waals surface area contributed by atoms with Crippen molar-refractivity contribution in [2.45, 2.75) is 19.3 Å². The van der Waals surface area contributed by atoms with Gasteiger partial charge in [-0.3, -0.25) is 4.79 Å². The summed E-state index contributed by atoms with van der Waals surface area (Å²) in [6.07, 6.45) is 4.34. The summed E-state index contributed by atoms with van der Waals surface area (Å²) < 4.78 is 5.11. The summed E-state index contributed by atoms with van der Waals surface area (Å²) in [5.74, 6) is 0.217. The first-order valence-corrected chi connectivity index (χ1v) is 6.98. The van der Waals surface area contributed by atoms with Gasteiger partial charge in [-0.05, 0) is 36.1 Å². The molecule has 4 nitrogen and oxygen atoms in total. The van der Waals surface area contributed by atoms with E-state index in [-0.39, 0.29) is 5.91 Å². The van der Waals surface area contributed by atoms with Gasteiger partial charge < -0.3 is 15.4 Å². The van der Waals surface area contributed by atoms with Crippen LogP contribution in [0.1, 0.15) is 18.4 Å². The van der Waals surface area contributed by atoms with E-state index in [1.807, 2.05) is 29.2 Å². The smallest absolute Gasteiger partial charge is 0.223 e. The molecule has 1 aliphatic rings. The third kappa shape index (κ3) is 4.10. The molecule has 108 valence electrons. The quantitative estimate of drug-likeness (QED) is 0.660. The fourth-order valence-corrected chi connectivity index (χ4v) is 2.35. The van der Waals surface area contributed by atoms with Crippen molar-refractivity contribution in [2.75, 3.05) is 32.5 Å². The van der Waals surface area contributed by atoms with Crippen molar-refractivity contribution in [2.24, 2.45) is 0 Å². The van der Waals surface area contributed by atoms with Gasteiger partial charge in [-0.15, -0.1) is 0 Å². The average Bonchev–Trinajstić information content (AvgIpc) is 2.47. The van der Waals surface area contributed by atoms with Gasteiger partial charge in [0.25, 0.3) is 0 Å². The predicted octanol–water partition coefficient (Wildman–Crippen LogP) is 2.01. The van der Waals surface area contributed by atoms with Gasteiger partial charge in [0.1, 0.15) is 0 Å². The van der Waals surface area contributed by atoms with Crippen LogP contribution >= 0.6 is 0 Å². The van der Waals surface area contributed by atoms with E-state index in [4.69, 9.17) is 10.5 Å². The zero-order chi connectivity index (χ0) is 14.4. The van der Waals surface area contributed by atoms with Crippen LogP contribution in [0.5, 0.6) is 0 Å². The second kappa shape index (κ2) is 7.10. The molecule has 20 heavy (non-hydrogen) atoms. The lowest BCUT2D eigenvalue weighted by molar-refractivity contribution is -0.130. The number of nitrogens with zero attached hydrogens (tertiary/aromatic N) is 1. The number of carbonyl (C=O) groups excluding carboxylic acids is 1. The van der Waals surface area contributed by atoms with Crippen LogP contribution in [0.15, 0.2) is 35.9 Å². The van der Waals surface area contributed by atoms with Crippen LogP contribution in [-0.2, 0) is 16.0 Å². The molecule has 0 saturated heterocycles. The third-order valence-electron chi connectivity index (χ3n) is 3.59. The number of rotatable bonds is 5. The van der Waals surface area contributed by atoms with Gasteiger partial charge in [0.15, 0.2) is 0 Å². The first-order chi connectivity index (χ1) is 9.69. The Balaban J connectivity index is 1.80. The molecule has 0 atom stereocenters. The molecule has 2 N–H and O–H groups in total. The third-order valence-corrected chi connectivity index (χ3v) is 3.59. The molecule has 0 aliphatic carbocycles. The molecule has 0 radical (unpaired) electrons. The largest absolute Gasteiger partial charge is 0.399 e. The van der Waals surface area contributed by atoms with E-state index < -0.39 is 0 Å². The molecular weight excluding hydrogens is 252 g/mol. The highest BCUT2D eigenvalue weighted by atomic mass is 16.5. The monoisotopic (exact) mass is 274 g/mol. The number of nitrogens with two attached hydrogens (primary N) is 1. The van der Waals surface area contributed by atoms with Crippen molar-refractivity contribution in [1.29, 1.82) is 0 Å². The topological polar surface area (TPSA) is 55.6 Å². The summed E-state index contributed by atoms with van der Waals surface area (Å²) >= 11 is 0. The van der Waals surface area contributed by atoms with Gasteiger partial charge in [-0.25, -0.2) is 0 Å². The second-order valence-electron chi connectivity index (χ2n) is 5.13. The molecule has 2 rings (SSSR count). The number of amides is 1. The number of nitrogen functional groups attached to an aromatic ring is 1. The Hall–Kier alpha value is -1.81. The van der Waals surface area contributed by atoms with Gasteiger partial charge in [0.05, 0.1) is 6.61 Å². The standard InChI is InChI=1S/C16H22N2O2/c1-20-12-14-8-10-18(11-9-14)16(19)7-4-13-2-5-15(17)6-3-13/h2-3,5-6,8H,4,7,9-12,17H2,1H3. The maximum absolute atomic E-state index is 12.1. The molecule has 1 aromatic rings. The lowest BCUT2D eigenvalue weighted by atomic mass is 10.1. The van der Waals surface area contributed by atoms with Gasteiger partial charge in [-0.2, -0.15) is 0 Å². The zero-order valence-corrected chi connectivity index (χ0v) is 12.0. The molecule has 0 spiro atoms. The van der Waals surface area contributed by atoms with Crippen LogP contribution < -0.4 is 5.73 Å². The number of ether oxygens (including phenoxy) is 1. The van der Waals surface area contributed by atoms with E-state index in [2.05, 4.69) is 6.08 Å². The summed E-state index contributed by atoms with van der Waals surface area (Å²) in [6.45, 7) is 2.18. The van der Waals surface area contributed by atoms with Crippen molar-refractivity contribution in [3.05, 3.63) is 41.5 Å². The Morgan fingerprint density at radius 1 is 1.35 bits per heavy atom. The van der Waals surface area contributed by atoms with Gasteiger partial charge in [0.2, 0.25) is 5.91 Å². The summed E-state index contributed by atoms with van der Waals surface area (Å²) in [4.78, 5) is 14.1. The predicted molar refractivity (Wildman–Crippen MR) is 80.3 cm³/mol.